The Morgan fingerprint density at radius 2 is 1.97 bits per heavy atom. The van der Waals surface area contributed by atoms with Crippen LogP contribution < -0.4 is 5.32 Å². The van der Waals surface area contributed by atoms with Crippen molar-refractivity contribution in [2.24, 2.45) is 0 Å². The van der Waals surface area contributed by atoms with E-state index in [1.54, 1.807) is 12.1 Å². The molecule has 0 saturated carbocycles. The van der Waals surface area contributed by atoms with Crippen LogP contribution in [0.1, 0.15) is 31.2 Å². The maximum atomic E-state index is 13.3. The third-order valence-electron chi connectivity index (χ3n) is 5.38. The Labute approximate surface area is 208 Å². The van der Waals surface area contributed by atoms with Crippen LogP contribution in [-0.2, 0) is 18.4 Å². The summed E-state index contributed by atoms with van der Waals surface area (Å²) in [6.07, 6.45) is -1.58. The Morgan fingerprint density at radius 3 is 2.64 bits per heavy atom. The van der Waals surface area contributed by atoms with Gasteiger partial charge in [-0.05, 0) is 36.2 Å². The summed E-state index contributed by atoms with van der Waals surface area (Å²) in [5, 5.41) is 18.3. The fourth-order valence-corrected chi connectivity index (χ4v) is 6.52. The van der Waals surface area contributed by atoms with Crippen molar-refractivity contribution < 1.29 is 42.6 Å². The summed E-state index contributed by atoms with van der Waals surface area (Å²) in [6.45, 7) is 1.36. The van der Waals surface area contributed by atoms with Gasteiger partial charge in [0.25, 0.3) is 0 Å². The zero-order chi connectivity index (χ0) is 26.3. The molecule has 0 bridgehead atoms. The lowest BCUT2D eigenvalue weighted by Crippen LogP contribution is -2.21. The van der Waals surface area contributed by atoms with Crippen LogP contribution in [0.5, 0.6) is 0 Å². The van der Waals surface area contributed by atoms with Gasteiger partial charge in [-0.2, -0.15) is 15.1 Å². The van der Waals surface area contributed by atoms with Gasteiger partial charge < -0.3 is 34.4 Å². The number of fused-ring (bicyclic) bond motifs is 1. The Balaban J connectivity index is 1.51. The quantitative estimate of drug-likeness (QED) is 0.189. The van der Waals surface area contributed by atoms with Crippen LogP contribution in [0.3, 0.4) is 0 Å². The van der Waals surface area contributed by atoms with Gasteiger partial charge in [-0.25, -0.2) is 9.07 Å². The van der Waals surface area contributed by atoms with Gasteiger partial charge in [-0.15, -0.1) is 0 Å². The van der Waals surface area contributed by atoms with Gasteiger partial charge in [0.05, 0.1) is 24.3 Å². The number of aliphatic hydroxyl groups is 1. The second-order valence-corrected chi connectivity index (χ2v) is 12.6. The van der Waals surface area contributed by atoms with Crippen LogP contribution in [0.4, 0.5) is 10.2 Å². The summed E-state index contributed by atoms with van der Waals surface area (Å²) >= 11 is 6.13. The van der Waals surface area contributed by atoms with Crippen LogP contribution in [0.15, 0.2) is 30.5 Å². The molecule has 1 fully saturated rings. The van der Waals surface area contributed by atoms with E-state index < -0.39 is 46.1 Å². The highest BCUT2D eigenvalue weighted by atomic mass is 35.5. The molecule has 17 heteroatoms. The highest BCUT2D eigenvalue weighted by Crippen LogP contribution is 2.55. The lowest BCUT2D eigenvalue weighted by atomic mass is 10.1. The van der Waals surface area contributed by atoms with Gasteiger partial charge in [-0.3, -0.25) is 9.13 Å². The Morgan fingerprint density at radius 1 is 1.28 bits per heavy atom. The smallest absolute Gasteiger partial charge is 0.340 e. The summed E-state index contributed by atoms with van der Waals surface area (Å²) in [6, 6.07) is 5.67. The zero-order valence-electron chi connectivity index (χ0n) is 18.7. The highest BCUT2D eigenvalue weighted by molar-refractivity contribution is 7.70. The van der Waals surface area contributed by atoms with E-state index in [0.29, 0.717) is 11.2 Å². The van der Waals surface area contributed by atoms with Crippen molar-refractivity contribution >= 4 is 43.6 Å². The third kappa shape index (κ3) is 6.46. The van der Waals surface area contributed by atoms with E-state index in [-0.39, 0.29) is 29.2 Å². The molecule has 1 saturated heterocycles. The number of halogens is 2. The molecule has 3 heterocycles. The molecule has 36 heavy (non-hydrogen) atoms. The van der Waals surface area contributed by atoms with Crippen molar-refractivity contribution in [2.75, 3.05) is 17.8 Å². The summed E-state index contributed by atoms with van der Waals surface area (Å²) in [5.41, 5.74) is 1.03. The van der Waals surface area contributed by atoms with E-state index in [0.717, 1.165) is 5.56 Å². The topological polar surface area (TPSA) is 189 Å². The molecule has 13 nitrogen and oxygen atoms in total. The van der Waals surface area contributed by atoms with Gasteiger partial charge in [0.1, 0.15) is 17.7 Å². The first-order chi connectivity index (χ1) is 16.8. The van der Waals surface area contributed by atoms with Crippen LogP contribution in [0.2, 0.25) is 5.28 Å². The fraction of sp³-hybridized carbons (Fsp3) is 0.421. The van der Waals surface area contributed by atoms with Gasteiger partial charge >= 0.3 is 15.2 Å². The number of anilines is 1. The number of nitrogens with one attached hydrogen (secondary N) is 1. The van der Waals surface area contributed by atoms with Crippen molar-refractivity contribution in [3.63, 3.8) is 0 Å². The molecule has 5 atom stereocenters. The molecule has 3 aromatic rings. The Bertz CT molecular complexity index is 1340. The van der Waals surface area contributed by atoms with Crippen molar-refractivity contribution in [1.82, 2.24) is 19.7 Å². The number of rotatable bonds is 9. The molecule has 196 valence electrons. The fourth-order valence-electron chi connectivity index (χ4n) is 3.77. The molecule has 0 aliphatic carbocycles. The molecular weight excluding hydrogens is 543 g/mol. The molecule has 0 radical (unpaired) electrons. The molecule has 2 aromatic heterocycles. The van der Waals surface area contributed by atoms with Crippen LogP contribution >= 0.6 is 26.8 Å². The van der Waals surface area contributed by atoms with Crippen LogP contribution in [0, 0.1) is 5.82 Å². The number of benzene rings is 1. The lowest BCUT2D eigenvalue weighted by molar-refractivity contribution is -0.0528. The normalized spacial score (nSPS) is 23.0. The van der Waals surface area contributed by atoms with Crippen molar-refractivity contribution in [3.05, 3.63) is 47.1 Å². The zero-order valence-corrected chi connectivity index (χ0v) is 21.2. The number of aromatic nitrogens is 4. The van der Waals surface area contributed by atoms with Crippen molar-refractivity contribution in [3.8, 4) is 0 Å². The van der Waals surface area contributed by atoms with Gasteiger partial charge in [0.2, 0.25) is 5.28 Å². The highest BCUT2D eigenvalue weighted by Gasteiger charge is 2.39. The van der Waals surface area contributed by atoms with E-state index >= 15 is 0 Å². The van der Waals surface area contributed by atoms with Gasteiger partial charge in [0.15, 0.2) is 17.8 Å². The summed E-state index contributed by atoms with van der Waals surface area (Å²) < 4.78 is 48.0. The first-order valence-corrected chi connectivity index (χ1v) is 14.5. The summed E-state index contributed by atoms with van der Waals surface area (Å²) in [4.78, 5) is 35.9. The monoisotopic (exact) mass is 565 g/mol. The van der Waals surface area contributed by atoms with E-state index in [1.807, 2.05) is 6.92 Å². The van der Waals surface area contributed by atoms with E-state index in [9.17, 15) is 23.5 Å². The van der Waals surface area contributed by atoms with Gasteiger partial charge in [0, 0.05) is 12.5 Å². The minimum Gasteiger partial charge on any atom is -0.388 e. The number of ether oxygens (including phenoxy) is 1. The molecule has 1 unspecified atom stereocenters. The molecule has 1 aliphatic heterocycles. The largest absolute Gasteiger partial charge is 0.388 e. The summed E-state index contributed by atoms with van der Waals surface area (Å²) in [7, 11) is -9.35. The molecule has 1 aliphatic rings. The van der Waals surface area contributed by atoms with Crippen LogP contribution in [-0.4, -0.2) is 64.3 Å². The van der Waals surface area contributed by atoms with E-state index in [4.69, 9.17) is 30.6 Å². The molecule has 1 aromatic carbocycles. The molecule has 0 amide bonds. The standard InChI is InChI=1S/C19H23ClFN5O8P2/c1-10(11-2-4-12(21)5-3-11)23-16-14-7-22-26(17(14)25-19(20)24-16)18-15(27)6-13(34-18)8-33-36(31,32)9-35(28,29)30/h2-5,7,10,13,15,18,27H,6,8-9H2,1H3,(H,31,32)(H,23,24,25)(H2,28,29,30)/t10-,13+,15-,18-/m1/s1. The van der Waals surface area contributed by atoms with Gasteiger partial charge in [-0.1, -0.05) is 12.1 Å². The first kappa shape index (κ1) is 27.1. The molecular formula is C19H23ClFN5O8P2. The van der Waals surface area contributed by atoms with Crippen molar-refractivity contribution in [1.29, 1.82) is 0 Å². The van der Waals surface area contributed by atoms with E-state index in [1.165, 1.54) is 23.0 Å². The first-order valence-electron chi connectivity index (χ1n) is 10.6. The predicted octanol–water partition coefficient (Wildman–Crippen LogP) is 2.78. The molecule has 5 N–H and O–H groups in total. The average molecular weight is 566 g/mol. The molecule has 0 spiro atoms. The number of aliphatic hydroxyl groups excluding tert-OH is 1. The average Bonchev–Trinajstić information content (AvgIpc) is 3.34. The lowest BCUT2D eigenvalue weighted by Gasteiger charge is -2.18. The third-order valence-corrected chi connectivity index (χ3v) is 9.01. The minimum absolute atomic E-state index is 0.00649. The number of nitrogens with zero attached hydrogens (tertiary/aromatic N) is 4. The second-order valence-electron chi connectivity index (χ2n) is 8.28. The Kier molecular flexibility index (Phi) is 7.82. The summed E-state index contributed by atoms with van der Waals surface area (Å²) in [5.74, 6) is -1.34. The van der Waals surface area contributed by atoms with Crippen molar-refractivity contribution in [2.45, 2.75) is 37.8 Å². The Hall–Kier alpha value is -1.99. The SMILES string of the molecule is C[C@@H](Nc1nc(Cl)nc2c1cnn2[C@@H]1O[C@H](COP(=O)(O)CP(=O)(O)O)C[C@H]1O)c1ccc(F)cc1. The maximum absolute atomic E-state index is 13.3. The second kappa shape index (κ2) is 10.4. The molecule has 4 rings (SSSR count). The maximum Gasteiger partial charge on any atom is 0.340 e. The number of hydrogen-bond donors (Lipinski definition) is 5. The number of hydrogen-bond acceptors (Lipinski definition) is 9. The minimum atomic E-state index is -4.77. The van der Waals surface area contributed by atoms with E-state index in [2.05, 4.69) is 20.4 Å². The predicted molar refractivity (Wildman–Crippen MR) is 126 cm³/mol. The van der Waals surface area contributed by atoms with Crippen LogP contribution in [0.25, 0.3) is 11.0 Å².